The summed E-state index contributed by atoms with van der Waals surface area (Å²) in [6, 6.07) is 14.6. The fraction of sp³-hybridized carbons (Fsp3) is 0.136. The van der Waals surface area contributed by atoms with Gasteiger partial charge in [-0.05, 0) is 12.5 Å². The third-order valence-electron chi connectivity index (χ3n) is 3.84. The number of methoxy groups -OCH3 is 1. The topological polar surface area (TPSA) is 79.8 Å². The Kier molecular flexibility index (Phi) is 7.89. The van der Waals surface area contributed by atoms with Gasteiger partial charge in [-0.2, -0.15) is 0 Å². The van der Waals surface area contributed by atoms with Crippen molar-refractivity contribution in [1.29, 1.82) is 0 Å². The zero-order valence-electron chi connectivity index (χ0n) is 16.7. The van der Waals surface area contributed by atoms with Crippen LogP contribution in [0.5, 0.6) is 23.3 Å². The van der Waals surface area contributed by atoms with Crippen molar-refractivity contribution in [2.75, 3.05) is 14.2 Å². The first-order chi connectivity index (χ1) is 14.6. The molecule has 0 aliphatic rings. The molecule has 0 aliphatic carbocycles. The number of aryl methyl sites for hydroxylation is 1. The van der Waals surface area contributed by atoms with Crippen LogP contribution in [0.15, 0.2) is 64.7 Å². The second-order valence-electron chi connectivity index (χ2n) is 6.00. The van der Waals surface area contributed by atoms with Crippen LogP contribution in [-0.2, 0) is 12.3 Å². The summed E-state index contributed by atoms with van der Waals surface area (Å²) in [7, 11) is 2.98. The average Bonchev–Trinajstić information content (AvgIpc) is 2.76. The van der Waals surface area contributed by atoms with Gasteiger partial charge < -0.3 is 0 Å². The number of rotatable bonds is 8. The minimum absolute atomic E-state index is 0.250. The molecule has 1 heterocycles. The van der Waals surface area contributed by atoms with Crippen LogP contribution in [0.2, 0.25) is 0 Å². The van der Waals surface area contributed by atoms with E-state index < -0.39 is 30.0 Å². The van der Waals surface area contributed by atoms with Crippen LogP contribution in [0.1, 0.15) is 11.1 Å². The predicted molar refractivity (Wildman–Crippen MR) is 113 cm³/mol. The van der Waals surface area contributed by atoms with Gasteiger partial charge >= 0.3 is 175 Å². The Morgan fingerprint density at radius 1 is 0.967 bits per heavy atom. The number of hydrogen-bond donors (Lipinski definition) is 0. The van der Waals surface area contributed by atoms with E-state index in [1.807, 2.05) is 28.9 Å². The molecule has 0 amide bonds. The summed E-state index contributed by atoms with van der Waals surface area (Å²) in [6.45, 7) is 1.91. The van der Waals surface area contributed by atoms with Gasteiger partial charge in [0.1, 0.15) is 0 Å². The van der Waals surface area contributed by atoms with E-state index in [9.17, 15) is 4.79 Å². The molecule has 0 spiro atoms. The number of aromatic nitrogens is 2. The number of carbonyl (C=O) groups excluding carboxylic acids is 1. The van der Waals surface area contributed by atoms with E-state index in [2.05, 4.69) is 9.97 Å². The summed E-state index contributed by atoms with van der Waals surface area (Å²) in [4.78, 5) is 20.6. The number of para-hydroxylation sites is 1. The third-order valence-corrected chi connectivity index (χ3v) is 5.88. The summed E-state index contributed by atoms with van der Waals surface area (Å²) in [5, 5.41) is 0. The zero-order valence-corrected chi connectivity index (χ0v) is 19.9. The van der Waals surface area contributed by atoms with Gasteiger partial charge in [0.15, 0.2) is 0 Å². The van der Waals surface area contributed by atoms with Gasteiger partial charge in [-0.1, -0.05) is 0 Å². The first kappa shape index (κ1) is 21.9. The molecule has 0 saturated carbocycles. The number of hydrogen-bond acceptors (Lipinski definition) is 7. The summed E-state index contributed by atoms with van der Waals surface area (Å²) < 4.78 is 23.8. The minimum atomic E-state index is -1.26. The van der Waals surface area contributed by atoms with Gasteiger partial charge in [-0.3, -0.25) is 0 Å². The molecule has 3 rings (SSSR count). The second-order valence-corrected chi connectivity index (χ2v) is 8.96. The second kappa shape index (κ2) is 10.8. The Morgan fingerprint density at radius 2 is 1.67 bits per heavy atom. The Labute approximate surface area is 187 Å². The first-order valence-electron chi connectivity index (χ1n) is 8.92. The molecule has 0 atom stereocenters. The van der Waals surface area contributed by atoms with Crippen LogP contribution in [0.25, 0.3) is 5.57 Å². The molecule has 154 valence electrons. The van der Waals surface area contributed by atoms with E-state index >= 15 is 0 Å². The van der Waals surface area contributed by atoms with Crippen LogP contribution in [0.3, 0.4) is 0 Å². The van der Waals surface area contributed by atoms with E-state index in [4.69, 9.17) is 17.0 Å². The molecule has 0 unspecified atom stereocenters. The molecule has 30 heavy (non-hydrogen) atoms. The number of ether oxygens (including phenoxy) is 3. The van der Waals surface area contributed by atoms with Crippen molar-refractivity contribution in [2.24, 2.45) is 0 Å². The fourth-order valence-electron chi connectivity index (χ4n) is 2.47. The molecule has 3 aromatic rings. The van der Waals surface area contributed by atoms with Gasteiger partial charge in [0.2, 0.25) is 0 Å². The van der Waals surface area contributed by atoms with Gasteiger partial charge in [0.05, 0.1) is 0 Å². The van der Waals surface area contributed by atoms with Crippen molar-refractivity contribution in [2.45, 2.75) is 6.92 Å². The molecule has 0 fully saturated rings. The predicted octanol–water partition coefficient (Wildman–Crippen LogP) is 4.15. The van der Waals surface area contributed by atoms with Crippen molar-refractivity contribution < 1.29 is 21.8 Å². The van der Waals surface area contributed by atoms with Crippen LogP contribution in [-0.4, -0.2) is 54.2 Å². The Bertz CT molecular complexity index is 1040. The zero-order chi connectivity index (χ0) is 21.3. The van der Waals surface area contributed by atoms with Crippen molar-refractivity contribution in [1.82, 2.24) is 9.97 Å². The van der Waals surface area contributed by atoms with Gasteiger partial charge in [-0.15, -0.1) is 0 Å². The monoisotopic (exact) mass is 601 g/mol. The number of nitrogens with zero attached hydrogens (tertiary/aromatic N) is 2. The van der Waals surface area contributed by atoms with E-state index in [1.54, 1.807) is 49.8 Å². The standard InChI is InChI=1S/C21H17N2O4.CH3O.Po/c1-14-12-22-21(23-13-14)27-17-8-6-7-16(11-17)26-19-10-5-4-9-18(19)15(2)20(24)25-3;1-2;/h2,4-13H,1,3H3;1H3;/q;-1;+1. The van der Waals surface area contributed by atoms with Crippen LogP contribution >= 0.6 is 0 Å². The number of benzene rings is 2. The Hall–Kier alpha value is -2.81. The normalized spacial score (nSPS) is 11.1. The van der Waals surface area contributed by atoms with E-state index in [1.165, 1.54) is 7.11 Å². The molecule has 0 radical (unpaired) electrons. The molecule has 8 heteroatoms. The summed E-state index contributed by atoms with van der Waals surface area (Å²) in [5.74, 6) is 1.16. The van der Waals surface area contributed by atoms with E-state index in [-0.39, 0.29) is 6.01 Å². The van der Waals surface area contributed by atoms with Gasteiger partial charge in [0, 0.05) is 0 Å². The van der Waals surface area contributed by atoms with Crippen molar-refractivity contribution in [3.63, 3.8) is 0 Å². The van der Waals surface area contributed by atoms with Crippen molar-refractivity contribution in [3.8, 4) is 23.3 Å². The van der Waals surface area contributed by atoms with Crippen LogP contribution in [0.4, 0.5) is 0 Å². The molecular weight excluding hydrogens is 581 g/mol. The van der Waals surface area contributed by atoms with Gasteiger partial charge in [-0.25, -0.2) is 0 Å². The van der Waals surface area contributed by atoms with E-state index in [0.717, 1.165) is 5.56 Å². The van der Waals surface area contributed by atoms with E-state index in [0.29, 0.717) is 28.4 Å². The Morgan fingerprint density at radius 3 is 2.37 bits per heavy atom. The Balaban J connectivity index is 1.86. The number of esters is 1. The SMILES string of the molecule is C[O][Po]/[CH]=C(/C(=O)OC)c1ccccc1Oc1cccc(Oc2ncc(C)cn2)c1. The molecule has 1 aromatic heterocycles. The van der Waals surface area contributed by atoms with Crippen LogP contribution < -0.4 is 9.47 Å². The molecule has 0 saturated heterocycles. The first-order valence-corrected chi connectivity index (χ1v) is 12.1. The molecule has 0 N–H and O–H groups in total. The molecule has 7 nitrogen and oxygen atoms in total. The molecule has 2 aromatic carbocycles. The molecular formula is C22H20N2O5Po. The summed E-state index contributed by atoms with van der Waals surface area (Å²) in [6.07, 6.45) is 3.37. The third kappa shape index (κ3) is 5.85. The number of carbonyl (C=O) groups is 1. The maximum absolute atomic E-state index is 12.3. The van der Waals surface area contributed by atoms with Gasteiger partial charge in [0.25, 0.3) is 0 Å². The average molecular weight is 601 g/mol. The summed E-state index contributed by atoms with van der Waals surface area (Å²) in [5.41, 5.74) is 2.01. The van der Waals surface area contributed by atoms with Crippen molar-refractivity contribution >= 4 is 35.6 Å². The van der Waals surface area contributed by atoms with Crippen LogP contribution in [0, 0.1) is 6.92 Å². The molecule has 0 bridgehead atoms. The molecule has 0 aliphatic heterocycles. The maximum atomic E-state index is 12.3. The quantitative estimate of drug-likeness (QED) is 0.284. The fourth-order valence-corrected chi connectivity index (χ4v) is 4.09. The van der Waals surface area contributed by atoms with Crippen molar-refractivity contribution in [3.05, 3.63) is 75.8 Å². The summed E-state index contributed by atoms with van der Waals surface area (Å²) >= 11 is -1.26.